The van der Waals surface area contributed by atoms with Crippen molar-refractivity contribution in [2.24, 2.45) is 0 Å². The van der Waals surface area contributed by atoms with Gasteiger partial charge in [0.15, 0.2) is 17.0 Å². The van der Waals surface area contributed by atoms with Gasteiger partial charge in [-0.1, -0.05) is 30.3 Å². The van der Waals surface area contributed by atoms with E-state index in [2.05, 4.69) is 32.7 Å². The van der Waals surface area contributed by atoms with Crippen molar-refractivity contribution < 1.29 is 9.84 Å². The van der Waals surface area contributed by atoms with Crippen LogP contribution in [0.3, 0.4) is 0 Å². The number of hydrogen-bond acceptors (Lipinski definition) is 8. The first kappa shape index (κ1) is 23.3. The number of rotatable bonds is 10. The molecule has 0 bridgehead atoms. The van der Waals surface area contributed by atoms with Gasteiger partial charge in [0.05, 0.1) is 25.6 Å². The minimum atomic E-state index is -0.781. The van der Waals surface area contributed by atoms with E-state index in [0.29, 0.717) is 54.7 Å². The van der Waals surface area contributed by atoms with E-state index in [1.165, 1.54) is 0 Å². The van der Waals surface area contributed by atoms with Crippen LogP contribution in [0, 0.1) is 0 Å². The highest BCUT2D eigenvalue weighted by Gasteiger charge is 2.16. The highest BCUT2D eigenvalue weighted by molar-refractivity contribution is 5.84. The molecule has 0 saturated carbocycles. The Balaban J connectivity index is 1.64. The Morgan fingerprint density at radius 1 is 1.09 bits per heavy atom. The lowest BCUT2D eigenvalue weighted by molar-refractivity contribution is 0.0748. The molecule has 0 aliphatic rings. The van der Waals surface area contributed by atoms with Gasteiger partial charge in [-0.15, -0.1) is 0 Å². The number of benzene rings is 2. The lowest BCUT2D eigenvalue weighted by Gasteiger charge is -2.17. The second-order valence-electron chi connectivity index (χ2n) is 8.83. The maximum atomic E-state index is 10.0. The average molecular weight is 462 g/mol. The molecule has 178 valence electrons. The molecule has 0 aliphatic heterocycles. The lowest BCUT2D eigenvalue weighted by atomic mass is 10.1. The van der Waals surface area contributed by atoms with Crippen LogP contribution in [-0.4, -0.2) is 43.9 Å². The monoisotopic (exact) mass is 461 g/mol. The van der Waals surface area contributed by atoms with Gasteiger partial charge >= 0.3 is 0 Å². The number of aliphatic hydroxyl groups is 1. The topological polar surface area (TPSA) is 123 Å². The van der Waals surface area contributed by atoms with Crippen molar-refractivity contribution in [3.63, 3.8) is 0 Å². The summed E-state index contributed by atoms with van der Waals surface area (Å²) in [5, 5.41) is 16.6. The molecule has 0 aliphatic carbocycles. The van der Waals surface area contributed by atoms with Crippen LogP contribution in [-0.2, 0) is 13.1 Å². The molecule has 0 fully saturated rings. The fourth-order valence-electron chi connectivity index (χ4n) is 3.56. The minimum Gasteiger partial charge on any atom is -0.497 e. The molecule has 9 heteroatoms. The first-order valence-electron chi connectivity index (χ1n) is 11.2. The molecule has 0 saturated heterocycles. The predicted octanol–water partition coefficient (Wildman–Crippen LogP) is 3.65. The largest absolute Gasteiger partial charge is 0.497 e. The molecule has 2 heterocycles. The van der Waals surface area contributed by atoms with Crippen LogP contribution >= 0.6 is 0 Å². The van der Waals surface area contributed by atoms with Crippen molar-refractivity contribution in [3.05, 3.63) is 66.0 Å². The number of nitrogens with one attached hydrogen (secondary N) is 2. The Kier molecular flexibility index (Phi) is 6.83. The van der Waals surface area contributed by atoms with Crippen LogP contribution < -0.4 is 21.1 Å². The summed E-state index contributed by atoms with van der Waals surface area (Å²) < 4.78 is 7.33. The third-order valence-corrected chi connectivity index (χ3v) is 5.48. The Bertz CT molecular complexity index is 1250. The van der Waals surface area contributed by atoms with Crippen molar-refractivity contribution in [2.45, 2.75) is 39.0 Å². The van der Waals surface area contributed by atoms with Gasteiger partial charge in [0.2, 0.25) is 5.95 Å². The molecule has 0 unspecified atom stereocenters. The average Bonchev–Trinajstić information content (AvgIpc) is 3.21. The van der Waals surface area contributed by atoms with Crippen LogP contribution in [0.2, 0.25) is 0 Å². The highest BCUT2D eigenvalue weighted by atomic mass is 16.5. The van der Waals surface area contributed by atoms with Crippen LogP contribution in [0.15, 0.2) is 54.9 Å². The molecule has 2 aromatic heterocycles. The number of hydrogen-bond donors (Lipinski definition) is 4. The number of ether oxygens (including phenoxy) is 1. The summed E-state index contributed by atoms with van der Waals surface area (Å²) in [4.78, 5) is 14.0. The summed E-state index contributed by atoms with van der Waals surface area (Å²) in [5.41, 5.74) is 9.48. The van der Waals surface area contributed by atoms with Gasteiger partial charge in [0, 0.05) is 18.8 Å². The van der Waals surface area contributed by atoms with E-state index in [9.17, 15) is 5.11 Å². The zero-order chi connectivity index (χ0) is 24.1. The molecular formula is C25H31N7O2. The fourth-order valence-corrected chi connectivity index (χ4v) is 3.56. The number of imidazole rings is 1. The summed E-state index contributed by atoms with van der Waals surface area (Å²) in [6, 6.07) is 15.7. The number of nitrogens with two attached hydrogens (primary N) is 1. The molecule has 4 rings (SSSR count). The number of fused-ring (bicyclic) bond motifs is 1. The van der Waals surface area contributed by atoms with Crippen molar-refractivity contribution >= 4 is 28.6 Å². The predicted molar refractivity (Wildman–Crippen MR) is 135 cm³/mol. The van der Waals surface area contributed by atoms with Crippen molar-refractivity contribution in [2.75, 3.05) is 30.0 Å². The summed E-state index contributed by atoms with van der Waals surface area (Å²) in [5.74, 6) is 1.80. The van der Waals surface area contributed by atoms with Crippen LogP contribution in [0.1, 0.15) is 31.4 Å². The first-order chi connectivity index (χ1) is 16.3. The Morgan fingerprint density at radius 2 is 1.88 bits per heavy atom. The van der Waals surface area contributed by atoms with Gasteiger partial charge < -0.3 is 30.8 Å². The molecule has 34 heavy (non-hydrogen) atoms. The van der Waals surface area contributed by atoms with E-state index in [-0.39, 0.29) is 0 Å². The number of anilines is 3. The quantitative estimate of drug-likeness (QED) is 0.264. The Hall–Kier alpha value is -3.85. The molecular weight excluding hydrogens is 430 g/mol. The van der Waals surface area contributed by atoms with E-state index in [1.807, 2.05) is 41.0 Å². The molecule has 9 nitrogen and oxygen atoms in total. The maximum Gasteiger partial charge on any atom is 0.226 e. The van der Waals surface area contributed by atoms with Crippen LogP contribution in [0.5, 0.6) is 5.75 Å². The second-order valence-corrected chi connectivity index (χ2v) is 8.83. The molecule has 4 aromatic rings. The molecule has 5 N–H and O–H groups in total. The van der Waals surface area contributed by atoms with E-state index in [4.69, 9.17) is 15.5 Å². The van der Waals surface area contributed by atoms with Gasteiger partial charge in [0.25, 0.3) is 0 Å². The minimum absolute atomic E-state index is 0.448. The second kappa shape index (κ2) is 9.96. The van der Waals surface area contributed by atoms with Crippen molar-refractivity contribution in [3.8, 4) is 5.75 Å². The molecule has 0 spiro atoms. The van der Waals surface area contributed by atoms with Gasteiger partial charge in [-0.25, -0.2) is 4.98 Å². The smallest absolute Gasteiger partial charge is 0.226 e. The Morgan fingerprint density at radius 3 is 2.62 bits per heavy atom. The Labute approximate surface area is 199 Å². The number of nitrogen functional groups attached to an aromatic ring is 1. The van der Waals surface area contributed by atoms with Gasteiger partial charge in [-0.05, 0) is 49.6 Å². The first-order valence-corrected chi connectivity index (χ1v) is 11.2. The molecule has 2 aromatic carbocycles. The lowest BCUT2D eigenvalue weighted by Crippen LogP contribution is -2.23. The van der Waals surface area contributed by atoms with E-state index >= 15 is 0 Å². The molecule has 0 radical (unpaired) electrons. The van der Waals surface area contributed by atoms with E-state index in [1.54, 1.807) is 27.3 Å². The summed E-state index contributed by atoms with van der Waals surface area (Å²) in [6.45, 7) is 5.17. The van der Waals surface area contributed by atoms with Gasteiger partial charge in [-0.3, -0.25) is 0 Å². The van der Waals surface area contributed by atoms with Crippen molar-refractivity contribution in [1.82, 2.24) is 19.5 Å². The highest BCUT2D eigenvalue weighted by Crippen LogP contribution is 2.25. The number of aromatic nitrogens is 4. The van der Waals surface area contributed by atoms with Gasteiger partial charge in [0.1, 0.15) is 5.75 Å². The standard InChI is InChI=1S/C25H31N7O2/c1-25(2,33)11-12-27-24-30-22(28-14-18-13-19(34-3)9-10-20(18)26)21-23(31-24)32(16-29-21)15-17-7-5-4-6-8-17/h4-10,13,16,33H,11-12,14-15,26H2,1-3H3,(H2,27,28,30,31). The fraction of sp³-hybridized carbons (Fsp3) is 0.320. The third kappa shape index (κ3) is 5.74. The third-order valence-electron chi connectivity index (χ3n) is 5.48. The maximum absolute atomic E-state index is 10.0. The van der Waals surface area contributed by atoms with E-state index in [0.717, 1.165) is 16.9 Å². The SMILES string of the molecule is COc1ccc(N)c(CNc2nc(NCCC(C)(C)O)nc3c2ncn3Cc2ccccc2)c1. The summed E-state index contributed by atoms with van der Waals surface area (Å²) in [7, 11) is 1.63. The summed E-state index contributed by atoms with van der Waals surface area (Å²) in [6.07, 6.45) is 2.33. The summed E-state index contributed by atoms with van der Waals surface area (Å²) >= 11 is 0. The van der Waals surface area contributed by atoms with Crippen LogP contribution in [0.4, 0.5) is 17.5 Å². The number of nitrogens with zero attached hydrogens (tertiary/aromatic N) is 4. The zero-order valence-corrected chi connectivity index (χ0v) is 19.7. The van der Waals surface area contributed by atoms with Gasteiger partial charge in [-0.2, -0.15) is 9.97 Å². The zero-order valence-electron chi connectivity index (χ0n) is 19.7. The van der Waals surface area contributed by atoms with Crippen molar-refractivity contribution in [1.29, 1.82) is 0 Å². The normalized spacial score (nSPS) is 11.5. The number of methoxy groups -OCH3 is 1. The molecule has 0 atom stereocenters. The van der Waals surface area contributed by atoms with Crippen LogP contribution in [0.25, 0.3) is 11.2 Å². The van der Waals surface area contributed by atoms with E-state index < -0.39 is 5.60 Å². The molecule has 0 amide bonds.